The molecule has 1 aromatic rings. The molecule has 13 heavy (non-hydrogen) atoms. The number of hydrogen-bond donors (Lipinski definition) is 1. The third kappa shape index (κ3) is 1.54. The van der Waals surface area contributed by atoms with E-state index in [0.29, 0.717) is 5.69 Å². The monoisotopic (exact) mass is 239 g/mol. The Morgan fingerprint density at radius 3 is 2.54 bits per heavy atom. The van der Waals surface area contributed by atoms with Crippen molar-refractivity contribution < 1.29 is 12.6 Å². The lowest BCUT2D eigenvalue weighted by Crippen LogP contribution is -2.10. The highest BCUT2D eigenvalue weighted by molar-refractivity contribution is 7.88. The van der Waals surface area contributed by atoms with E-state index in [-0.39, 0.29) is 15.8 Å². The standard InChI is InChI=1S/C6H3Cl2NO3S/c7-3-1-5-6(2-4(3)8)12-13(10,11)9-5/h1-2,9H. The maximum absolute atomic E-state index is 10.9. The van der Waals surface area contributed by atoms with Crippen molar-refractivity contribution in [3.63, 3.8) is 0 Å². The molecule has 0 unspecified atom stereocenters. The number of anilines is 1. The van der Waals surface area contributed by atoms with Crippen LogP contribution in [0.3, 0.4) is 0 Å². The zero-order valence-electron chi connectivity index (χ0n) is 6.04. The van der Waals surface area contributed by atoms with E-state index < -0.39 is 10.3 Å². The first-order valence-electron chi connectivity index (χ1n) is 3.19. The fourth-order valence-corrected chi connectivity index (χ4v) is 2.11. The molecule has 2 rings (SSSR count). The second kappa shape index (κ2) is 2.67. The van der Waals surface area contributed by atoms with Crippen molar-refractivity contribution in [3.8, 4) is 5.75 Å². The van der Waals surface area contributed by atoms with Crippen LogP contribution >= 0.6 is 23.2 Å². The summed E-state index contributed by atoms with van der Waals surface area (Å²) in [6.07, 6.45) is 0. The van der Waals surface area contributed by atoms with Crippen LogP contribution in [0.4, 0.5) is 5.69 Å². The molecule has 1 aliphatic rings. The highest BCUT2D eigenvalue weighted by Gasteiger charge is 2.26. The number of nitrogens with one attached hydrogen (secondary N) is 1. The summed E-state index contributed by atoms with van der Waals surface area (Å²) in [6.45, 7) is 0. The molecular formula is C6H3Cl2NO3S. The van der Waals surface area contributed by atoms with Gasteiger partial charge in [0.15, 0.2) is 5.75 Å². The largest absolute Gasteiger partial charge is 0.407 e. The normalized spacial score (nSPS) is 17.4. The van der Waals surface area contributed by atoms with Crippen LogP contribution in [0.5, 0.6) is 5.75 Å². The predicted octanol–water partition coefficient (Wildman–Crippen LogP) is 2.04. The van der Waals surface area contributed by atoms with Crippen LogP contribution in [0.2, 0.25) is 10.0 Å². The first-order valence-corrected chi connectivity index (χ1v) is 5.36. The predicted molar refractivity (Wildman–Crippen MR) is 49.6 cm³/mol. The third-order valence-corrected chi connectivity index (χ3v) is 3.05. The summed E-state index contributed by atoms with van der Waals surface area (Å²) in [7, 11) is -3.71. The molecule has 0 aromatic heterocycles. The van der Waals surface area contributed by atoms with Crippen molar-refractivity contribution in [2.75, 3.05) is 4.72 Å². The Kier molecular flexibility index (Phi) is 1.83. The van der Waals surface area contributed by atoms with E-state index >= 15 is 0 Å². The Hall–Kier alpha value is -0.650. The number of hydrogen-bond acceptors (Lipinski definition) is 3. The lowest BCUT2D eigenvalue weighted by Gasteiger charge is -1.97. The number of halogens is 2. The molecule has 0 saturated carbocycles. The fourth-order valence-electron chi connectivity index (χ4n) is 0.951. The maximum atomic E-state index is 10.9. The molecule has 0 atom stereocenters. The molecule has 0 saturated heterocycles. The minimum Gasteiger partial charge on any atom is -0.365 e. The molecular weight excluding hydrogens is 237 g/mol. The molecule has 7 heteroatoms. The maximum Gasteiger partial charge on any atom is 0.407 e. The van der Waals surface area contributed by atoms with Crippen LogP contribution in [-0.2, 0) is 10.3 Å². The van der Waals surface area contributed by atoms with Gasteiger partial charge in [0.1, 0.15) is 0 Å². The number of fused-ring (bicyclic) bond motifs is 1. The summed E-state index contributed by atoms with van der Waals surface area (Å²) in [4.78, 5) is 0. The Morgan fingerprint density at radius 1 is 1.23 bits per heavy atom. The molecule has 1 aliphatic heterocycles. The quantitative estimate of drug-likeness (QED) is 0.754. The van der Waals surface area contributed by atoms with Gasteiger partial charge in [-0.3, -0.25) is 0 Å². The summed E-state index contributed by atoms with van der Waals surface area (Å²) < 4.78 is 28.5. The zero-order valence-corrected chi connectivity index (χ0v) is 8.37. The lowest BCUT2D eigenvalue weighted by atomic mass is 10.3. The summed E-state index contributed by atoms with van der Waals surface area (Å²) >= 11 is 11.3. The van der Waals surface area contributed by atoms with Gasteiger partial charge >= 0.3 is 10.3 Å². The molecule has 1 aromatic carbocycles. The molecule has 0 radical (unpaired) electrons. The molecule has 0 bridgehead atoms. The second-order valence-corrected chi connectivity index (χ2v) is 4.50. The highest BCUT2D eigenvalue weighted by atomic mass is 35.5. The molecule has 4 nitrogen and oxygen atoms in total. The van der Waals surface area contributed by atoms with Crippen LogP contribution < -0.4 is 8.91 Å². The Labute approximate surface area is 84.7 Å². The van der Waals surface area contributed by atoms with Crippen molar-refractivity contribution in [1.29, 1.82) is 0 Å². The van der Waals surface area contributed by atoms with Gasteiger partial charge in [-0.05, 0) is 6.07 Å². The van der Waals surface area contributed by atoms with Gasteiger partial charge in [-0.15, -0.1) is 0 Å². The molecule has 0 amide bonds. The molecule has 0 aliphatic carbocycles. The first kappa shape index (κ1) is 8.93. The van der Waals surface area contributed by atoms with Gasteiger partial charge in [0.2, 0.25) is 0 Å². The van der Waals surface area contributed by atoms with Gasteiger partial charge in [-0.25, -0.2) is 4.72 Å². The summed E-state index contributed by atoms with van der Waals surface area (Å²) in [5, 5.41) is 0.521. The van der Waals surface area contributed by atoms with E-state index in [1.165, 1.54) is 12.1 Å². The van der Waals surface area contributed by atoms with Crippen molar-refractivity contribution in [2.24, 2.45) is 0 Å². The van der Waals surface area contributed by atoms with Gasteiger partial charge in [-0.1, -0.05) is 23.2 Å². The summed E-state index contributed by atoms with van der Waals surface area (Å²) in [5.41, 5.74) is 0.300. The van der Waals surface area contributed by atoms with Crippen molar-refractivity contribution in [1.82, 2.24) is 0 Å². The minimum absolute atomic E-state index is 0.161. The SMILES string of the molecule is O=S1(=O)Nc2cc(Cl)c(Cl)cc2O1. The van der Waals surface area contributed by atoms with Crippen LogP contribution in [0.15, 0.2) is 12.1 Å². The summed E-state index contributed by atoms with van der Waals surface area (Å²) in [6, 6.07) is 2.74. The Balaban J connectivity index is 2.60. The molecule has 0 spiro atoms. The van der Waals surface area contributed by atoms with E-state index in [4.69, 9.17) is 23.2 Å². The average Bonchev–Trinajstić information content (AvgIpc) is 2.24. The molecule has 1 heterocycles. The van der Waals surface area contributed by atoms with Gasteiger partial charge in [-0.2, -0.15) is 8.42 Å². The molecule has 1 N–H and O–H groups in total. The van der Waals surface area contributed by atoms with E-state index in [9.17, 15) is 8.42 Å². The highest BCUT2D eigenvalue weighted by Crippen LogP contribution is 2.38. The van der Waals surface area contributed by atoms with Gasteiger partial charge in [0.05, 0.1) is 15.7 Å². The van der Waals surface area contributed by atoms with Crippen LogP contribution in [0, 0.1) is 0 Å². The topological polar surface area (TPSA) is 55.4 Å². The minimum atomic E-state index is -3.71. The summed E-state index contributed by atoms with van der Waals surface area (Å²) in [5.74, 6) is 0.161. The first-order chi connectivity index (χ1) is 5.98. The smallest absolute Gasteiger partial charge is 0.365 e. The van der Waals surface area contributed by atoms with Crippen LogP contribution in [0.1, 0.15) is 0 Å². The van der Waals surface area contributed by atoms with Crippen LogP contribution in [0.25, 0.3) is 0 Å². The second-order valence-electron chi connectivity index (χ2n) is 2.40. The fraction of sp³-hybridized carbons (Fsp3) is 0. The molecule has 0 fully saturated rings. The average molecular weight is 240 g/mol. The van der Waals surface area contributed by atoms with Crippen molar-refractivity contribution >= 4 is 39.2 Å². The lowest BCUT2D eigenvalue weighted by molar-refractivity contribution is 0.503. The zero-order chi connectivity index (χ0) is 9.64. The Bertz CT molecular complexity index is 434. The van der Waals surface area contributed by atoms with Crippen molar-refractivity contribution in [2.45, 2.75) is 0 Å². The van der Waals surface area contributed by atoms with Gasteiger partial charge < -0.3 is 4.18 Å². The van der Waals surface area contributed by atoms with Gasteiger partial charge in [0, 0.05) is 6.07 Å². The van der Waals surface area contributed by atoms with Crippen molar-refractivity contribution in [3.05, 3.63) is 22.2 Å². The molecule has 70 valence electrons. The van der Waals surface area contributed by atoms with Crippen LogP contribution in [-0.4, -0.2) is 8.42 Å². The van der Waals surface area contributed by atoms with E-state index in [0.717, 1.165) is 0 Å². The van der Waals surface area contributed by atoms with Gasteiger partial charge in [0.25, 0.3) is 0 Å². The Morgan fingerprint density at radius 2 is 1.85 bits per heavy atom. The van der Waals surface area contributed by atoms with E-state index in [1.54, 1.807) is 0 Å². The van der Waals surface area contributed by atoms with E-state index in [1.807, 2.05) is 0 Å². The number of rotatable bonds is 0. The third-order valence-electron chi connectivity index (χ3n) is 1.46. The van der Waals surface area contributed by atoms with E-state index in [2.05, 4.69) is 8.91 Å². The number of benzene rings is 1.